The van der Waals surface area contributed by atoms with Crippen molar-refractivity contribution < 1.29 is 9.53 Å². The SMILES string of the molecule is N#Cc1ccc(-c2ccnc(Cc3cccc(C(=O)Nc4nc5c(s4)CC(N4CCOCC4)CC5)c3)n2)cc1. The van der Waals surface area contributed by atoms with E-state index in [9.17, 15) is 4.79 Å². The van der Waals surface area contributed by atoms with Gasteiger partial charge in [0.25, 0.3) is 5.91 Å². The highest BCUT2D eigenvalue weighted by Gasteiger charge is 2.28. The van der Waals surface area contributed by atoms with Gasteiger partial charge in [-0.1, -0.05) is 24.3 Å². The molecule has 2 aromatic heterocycles. The molecule has 1 atom stereocenters. The van der Waals surface area contributed by atoms with Crippen LogP contribution in [0, 0.1) is 11.3 Å². The maximum Gasteiger partial charge on any atom is 0.257 e. The molecule has 1 saturated heterocycles. The first kappa shape index (κ1) is 25.3. The van der Waals surface area contributed by atoms with Crippen LogP contribution in [-0.4, -0.2) is 58.1 Å². The van der Waals surface area contributed by atoms with Crippen LogP contribution in [0.3, 0.4) is 0 Å². The number of carbonyl (C=O) groups is 1. The number of aryl methyl sites for hydroxylation is 1. The molecule has 9 heteroatoms. The van der Waals surface area contributed by atoms with Gasteiger partial charge in [0.05, 0.1) is 36.2 Å². The average molecular weight is 537 g/mol. The molecule has 0 saturated carbocycles. The van der Waals surface area contributed by atoms with Gasteiger partial charge in [0.2, 0.25) is 0 Å². The largest absolute Gasteiger partial charge is 0.379 e. The Morgan fingerprint density at radius 1 is 1.13 bits per heavy atom. The molecule has 196 valence electrons. The molecule has 1 amide bonds. The Balaban J connectivity index is 1.11. The molecule has 1 aliphatic heterocycles. The van der Waals surface area contributed by atoms with Crippen molar-refractivity contribution in [2.45, 2.75) is 31.7 Å². The van der Waals surface area contributed by atoms with Gasteiger partial charge in [0.1, 0.15) is 5.82 Å². The molecule has 0 spiro atoms. The molecule has 2 aliphatic rings. The summed E-state index contributed by atoms with van der Waals surface area (Å²) < 4.78 is 5.51. The van der Waals surface area contributed by atoms with Crippen LogP contribution in [0.5, 0.6) is 0 Å². The standard InChI is InChI=1S/C30H28N6O2S/c31-19-20-4-6-22(7-5-20)25-10-11-32-28(33-25)17-21-2-1-3-23(16-21)29(37)35-30-34-26-9-8-24(18-27(26)39-30)36-12-14-38-15-13-36/h1-7,10-11,16,24H,8-9,12-15,17-18H2,(H,34,35,37). The minimum Gasteiger partial charge on any atom is -0.379 e. The maximum absolute atomic E-state index is 13.1. The summed E-state index contributed by atoms with van der Waals surface area (Å²) in [5.74, 6) is 0.497. The monoisotopic (exact) mass is 536 g/mol. The number of fused-ring (bicyclic) bond motifs is 1. The van der Waals surface area contributed by atoms with E-state index in [1.807, 2.05) is 42.5 Å². The van der Waals surface area contributed by atoms with Gasteiger partial charge in [-0.05, 0) is 55.2 Å². The molecule has 3 heterocycles. The number of nitrogens with one attached hydrogen (secondary N) is 1. The van der Waals surface area contributed by atoms with Crippen LogP contribution in [0.1, 0.15) is 44.3 Å². The average Bonchev–Trinajstić information content (AvgIpc) is 3.39. The number of amides is 1. The maximum atomic E-state index is 13.1. The summed E-state index contributed by atoms with van der Waals surface area (Å²) >= 11 is 1.60. The summed E-state index contributed by atoms with van der Waals surface area (Å²) in [7, 11) is 0. The number of hydrogen-bond donors (Lipinski definition) is 1. The van der Waals surface area contributed by atoms with Crippen molar-refractivity contribution in [2.75, 3.05) is 31.6 Å². The van der Waals surface area contributed by atoms with E-state index in [0.29, 0.717) is 34.5 Å². The van der Waals surface area contributed by atoms with Crippen molar-refractivity contribution in [1.29, 1.82) is 5.26 Å². The number of aromatic nitrogens is 3. The topological polar surface area (TPSA) is 104 Å². The molecule has 1 fully saturated rings. The smallest absolute Gasteiger partial charge is 0.257 e. The molecule has 2 aromatic carbocycles. The predicted molar refractivity (Wildman–Crippen MR) is 150 cm³/mol. The Morgan fingerprint density at radius 2 is 1.97 bits per heavy atom. The van der Waals surface area contributed by atoms with Crippen molar-refractivity contribution >= 4 is 22.4 Å². The van der Waals surface area contributed by atoms with E-state index < -0.39 is 0 Å². The second-order valence-corrected chi connectivity index (χ2v) is 10.9. The van der Waals surface area contributed by atoms with E-state index in [4.69, 9.17) is 20.0 Å². The van der Waals surface area contributed by atoms with Crippen molar-refractivity contribution in [3.05, 3.63) is 93.9 Å². The normalized spacial score (nSPS) is 17.3. The third-order valence-corrected chi connectivity index (χ3v) is 8.30. The number of nitriles is 1. The minimum atomic E-state index is -0.167. The number of ether oxygens (including phenoxy) is 1. The number of rotatable bonds is 6. The summed E-state index contributed by atoms with van der Waals surface area (Å²) in [5, 5.41) is 12.7. The molecule has 0 radical (unpaired) electrons. The zero-order chi connectivity index (χ0) is 26.6. The summed E-state index contributed by atoms with van der Waals surface area (Å²) in [6.07, 6.45) is 5.27. The number of hydrogen-bond acceptors (Lipinski definition) is 8. The first-order chi connectivity index (χ1) is 19.1. The molecule has 4 aromatic rings. The van der Waals surface area contributed by atoms with Gasteiger partial charge in [-0.2, -0.15) is 5.26 Å². The van der Waals surface area contributed by atoms with Crippen LogP contribution < -0.4 is 5.32 Å². The lowest BCUT2D eigenvalue weighted by Crippen LogP contribution is -2.45. The molecule has 1 aliphatic carbocycles. The van der Waals surface area contributed by atoms with Crippen LogP contribution >= 0.6 is 11.3 Å². The number of nitrogens with zero attached hydrogens (tertiary/aromatic N) is 5. The summed E-state index contributed by atoms with van der Waals surface area (Å²) in [4.78, 5) is 30.8. The number of carbonyl (C=O) groups excluding carboxylic acids is 1. The molecule has 6 rings (SSSR count). The first-order valence-electron chi connectivity index (χ1n) is 13.2. The van der Waals surface area contributed by atoms with Gasteiger partial charge in [0.15, 0.2) is 5.13 Å². The van der Waals surface area contributed by atoms with E-state index >= 15 is 0 Å². The van der Waals surface area contributed by atoms with Crippen LogP contribution in [0.25, 0.3) is 11.3 Å². The number of morpholine rings is 1. The Labute approximate surface area is 231 Å². The summed E-state index contributed by atoms with van der Waals surface area (Å²) in [6.45, 7) is 3.59. The van der Waals surface area contributed by atoms with Crippen molar-refractivity contribution in [2.24, 2.45) is 0 Å². The molecule has 39 heavy (non-hydrogen) atoms. The van der Waals surface area contributed by atoms with Gasteiger partial charge in [-0.3, -0.25) is 15.0 Å². The summed E-state index contributed by atoms with van der Waals surface area (Å²) in [5.41, 5.74) is 4.97. The van der Waals surface area contributed by atoms with Crippen molar-refractivity contribution in [3.63, 3.8) is 0 Å². The van der Waals surface area contributed by atoms with Gasteiger partial charge in [0, 0.05) is 47.8 Å². The zero-order valence-electron chi connectivity index (χ0n) is 21.5. The highest BCUT2D eigenvalue weighted by molar-refractivity contribution is 7.15. The molecular formula is C30H28N6O2S. The number of thiazole rings is 1. The van der Waals surface area contributed by atoms with Crippen LogP contribution in [0.15, 0.2) is 60.8 Å². The van der Waals surface area contributed by atoms with Crippen molar-refractivity contribution in [1.82, 2.24) is 19.9 Å². The molecule has 0 bridgehead atoms. The van der Waals surface area contributed by atoms with E-state index in [2.05, 4.69) is 21.3 Å². The van der Waals surface area contributed by atoms with Gasteiger partial charge >= 0.3 is 0 Å². The Morgan fingerprint density at radius 3 is 2.79 bits per heavy atom. The first-order valence-corrected chi connectivity index (χ1v) is 14.0. The quantitative estimate of drug-likeness (QED) is 0.387. The van der Waals surface area contributed by atoms with Crippen LogP contribution in [0.4, 0.5) is 5.13 Å². The summed E-state index contributed by atoms with van der Waals surface area (Å²) in [6, 6.07) is 19.4. The molecule has 1 N–H and O–H groups in total. The second-order valence-electron chi connectivity index (χ2n) is 9.81. The molecular weight excluding hydrogens is 508 g/mol. The fraction of sp³-hybridized carbons (Fsp3) is 0.300. The van der Waals surface area contributed by atoms with E-state index in [-0.39, 0.29) is 5.91 Å². The van der Waals surface area contributed by atoms with Gasteiger partial charge in [-0.25, -0.2) is 15.0 Å². The molecule has 8 nitrogen and oxygen atoms in total. The Hall–Kier alpha value is -3.97. The predicted octanol–water partition coefficient (Wildman–Crippen LogP) is 4.50. The third-order valence-electron chi connectivity index (χ3n) is 7.26. The lowest BCUT2D eigenvalue weighted by atomic mass is 9.96. The van der Waals surface area contributed by atoms with Gasteiger partial charge in [-0.15, -0.1) is 11.3 Å². The Kier molecular flexibility index (Phi) is 7.41. The highest BCUT2D eigenvalue weighted by Crippen LogP contribution is 2.32. The Bertz CT molecular complexity index is 1520. The fourth-order valence-corrected chi connectivity index (χ4v) is 6.27. The van der Waals surface area contributed by atoms with E-state index in [1.54, 1.807) is 29.7 Å². The van der Waals surface area contributed by atoms with Crippen molar-refractivity contribution in [3.8, 4) is 17.3 Å². The zero-order valence-corrected chi connectivity index (χ0v) is 22.3. The fourth-order valence-electron chi connectivity index (χ4n) is 5.20. The lowest BCUT2D eigenvalue weighted by molar-refractivity contribution is 0.0139. The second kappa shape index (κ2) is 11.4. The third kappa shape index (κ3) is 5.88. The number of anilines is 1. The van der Waals surface area contributed by atoms with Crippen LogP contribution in [-0.2, 0) is 24.0 Å². The van der Waals surface area contributed by atoms with E-state index in [0.717, 1.165) is 68.1 Å². The lowest BCUT2D eigenvalue weighted by Gasteiger charge is -2.36. The highest BCUT2D eigenvalue weighted by atomic mass is 32.1. The van der Waals surface area contributed by atoms with E-state index in [1.165, 1.54) is 4.88 Å². The minimum absolute atomic E-state index is 0.167. The number of benzene rings is 2. The molecule has 1 unspecified atom stereocenters. The van der Waals surface area contributed by atoms with Crippen LogP contribution in [0.2, 0.25) is 0 Å². The van der Waals surface area contributed by atoms with Gasteiger partial charge < -0.3 is 4.74 Å².